The topological polar surface area (TPSA) is 156 Å². The number of aliphatic hydroxyl groups is 3. The number of hydrogen-bond acceptors (Lipinski definition) is 11. The Morgan fingerprint density at radius 1 is 1.04 bits per heavy atom. The normalized spacial score (nSPS) is 49.8. The van der Waals surface area contributed by atoms with Crippen molar-refractivity contribution in [2.75, 3.05) is 13.7 Å². The molecule has 3 N–H and O–H groups in total. The fourth-order valence-electron chi connectivity index (χ4n) is 9.91. The predicted molar refractivity (Wildman–Crippen MR) is 170 cm³/mol. The standard InChI is InChI=1S/C36H62O11.Na/c1-10-34(31-20(3)16-26(43-31)28-19(2)15-21(4)36(41,18-37)46-28)12-11-27(44-34)33(8)13-14-35(47-33)17-25(38)22(5)30(45-35)23(6)29(42-9)24(7)32(39)40;/h19-31,37-38,41H,10-18H2,1-9H3,(H,39,40);/q;+1/p-1/t19-,20-,21+,22+,23-,24?,25-,26+,27+,28-,29+,30-,31+,33-,34-,35+,36-;/m0./s1. The molecule has 0 aromatic rings. The second-order valence-corrected chi connectivity index (χ2v) is 16.3. The van der Waals surface area contributed by atoms with Gasteiger partial charge in [-0.2, -0.15) is 0 Å². The van der Waals surface area contributed by atoms with Crippen LogP contribution in [-0.4, -0.2) is 101 Å². The summed E-state index contributed by atoms with van der Waals surface area (Å²) in [6.07, 6.45) is 2.81. The third-order valence-electron chi connectivity index (χ3n) is 13.0. The van der Waals surface area contributed by atoms with Crippen LogP contribution in [0.15, 0.2) is 0 Å². The fourth-order valence-corrected chi connectivity index (χ4v) is 9.91. The molecule has 0 bridgehead atoms. The van der Waals surface area contributed by atoms with Gasteiger partial charge in [-0.3, -0.25) is 0 Å². The Morgan fingerprint density at radius 2 is 1.73 bits per heavy atom. The maximum absolute atomic E-state index is 11.7. The molecule has 0 saturated carbocycles. The molecule has 0 radical (unpaired) electrons. The Morgan fingerprint density at radius 3 is 2.33 bits per heavy atom. The third-order valence-corrected chi connectivity index (χ3v) is 13.0. The Balaban J connectivity index is 0.00000520. The van der Waals surface area contributed by atoms with Crippen molar-refractivity contribution in [1.82, 2.24) is 0 Å². The Hall–Kier alpha value is 0.110. The van der Waals surface area contributed by atoms with Gasteiger partial charge in [-0.25, -0.2) is 0 Å². The molecule has 48 heavy (non-hydrogen) atoms. The molecule has 1 unspecified atom stereocenters. The van der Waals surface area contributed by atoms with E-state index in [0.29, 0.717) is 19.3 Å². The van der Waals surface area contributed by atoms with Crippen LogP contribution >= 0.6 is 0 Å². The predicted octanol–water partition coefficient (Wildman–Crippen LogP) is -0.0578. The number of rotatable bonds is 10. The molecule has 12 heteroatoms. The number of carboxylic acids is 1. The van der Waals surface area contributed by atoms with Crippen LogP contribution in [0.3, 0.4) is 0 Å². The molecule has 0 aromatic carbocycles. The summed E-state index contributed by atoms with van der Waals surface area (Å²) in [6, 6.07) is 0. The van der Waals surface area contributed by atoms with Crippen molar-refractivity contribution in [1.29, 1.82) is 0 Å². The quantitative estimate of drug-likeness (QED) is 0.264. The summed E-state index contributed by atoms with van der Waals surface area (Å²) >= 11 is 0. The van der Waals surface area contributed by atoms with E-state index in [2.05, 4.69) is 27.7 Å². The summed E-state index contributed by atoms with van der Waals surface area (Å²) in [5, 5.41) is 43.9. The first-order valence-corrected chi connectivity index (χ1v) is 18.1. The van der Waals surface area contributed by atoms with E-state index in [0.717, 1.165) is 32.1 Å². The number of carboxylic acid groups (broad SMARTS) is 1. The van der Waals surface area contributed by atoms with Crippen molar-refractivity contribution in [3.63, 3.8) is 0 Å². The molecule has 5 rings (SSSR count). The molecule has 272 valence electrons. The van der Waals surface area contributed by atoms with Crippen LogP contribution in [0.2, 0.25) is 0 Å². The van der Waals surface area contributed by atoms with Crippen molar-refractivity contribution in [3.8, 4) is 0 Å². The van der Waals surface area contributed by atoms with Gasteiger partial charge in [-0.15, -0.1) is 0 Å². The molecule has 5 fully saturated rings. The zero-order valence-corrected chi connectivity index (χ0v) is 33.0. The van der Waals surface area contributed by atoms with Gasteiger partial charge in [0.05, 0.1) is 60.5 Å². The van der Waals surface area contributed by atoms with E-state index in [9.17, 15) is 25.2 Å². The van der Waals surface area contributed by atoms with Gasteiger partial charge in [-0.05, 0) is 57.3 Å². The molecule has 0 aromatic heterocycles. The molecule has 5 saturated heterocycles. The minimum Gasteiger partial charge on any atom is -0.550 e. The molecule has 17 atom stereocenters. The molecule has 1 spiro atoms. The molecule has 5 aliphatic rings. The van der Waals surface area contributed by atoms with Crippen molar-refractivity contribution in [3.05, 3.63) is 0 Å². The van der Waals surface area contributed by atoms with Gasteiger partial charge < -0.3 is 53.6 Å². The number of carbonyl (C=O) groups is 1. The number of ether oxygens (including phenoxy) is 6. The van der Waals surface area contributed by atoms with Crippen LogP contribution in [0.5, 0.6) is 0 Å². The molecule has 0 aliphatic carbocycles. The first-order valence-electron chi connectivity index (χ1n) is 18.1. The first kappa shape index (κ1) is 40.9. The van der Waals surface area contributed by atoms with Gasteiger partial charge in [0.25, 0.3) is 0 Å². The Bertz CT molecular complexity index is 1110. The molecular weight excluding hydrogens is 631 g/mol. The van der Waals surface area contributed by atoms with Gasteiger partial charge in [0.1, 0.15) is 0 Å². The Labute approximate surface area is 309 Å². The fraction of sp³-hybridized carbons (Fsp3) is 0.972. The smallest absolute Gasteiger partial charge is 0.550 e. The zero-order valence-electron chi connectivity index (χ0n) is 31.0. The summed E-state index contributed by atoms with van der Waals surface area (Å²) in [7, 11) is 1.50. The van der Waals surface area contributed by atoms with Gasteiger partial charge in [0.2, 0.25) is 0 Å². The van der Waals surface area contributed by atoms with Crippen LogP contribution in [0.1, 0.15) is 107 Å². The number of aliphatic hydroxyl groups excluding tert-OH is 2. The molecule has 5 heterocycles. The second-order valence-electron chi connectivity index (χ2n) is 16.3. The summed E-state index contributed by atoms with van der Waals surface area (Å²) in [6.45, 7) is 15.4. The van der Waals surface area contributed by atoms with Crippen molar-refractivity contribution < 1.29 is 83.2 Å². The van der Waals surface area contributed by atoms with E-state index in [-0.39, 0.29) is 83.6 Å². The van der Waals surface area contributed by atoms with E-state index in [1.54, 1.807) is 6.92 Å². The second kappa shape index (κ2) is 15.2. The first-order chi connectivity index (χ1) is 22.0. The summed E-state index contributed by atoms with van der Waals surface area (Å²) in [4.78, 5) is 11.7. The average molecular weight is 693 g/mol. The van der Waals surface area contributed by atoms with Gasteiger partial charge in [0.15, 0.2) is 11.6 Å². The van der Waals surface area contributed by atoms with Gasteiger partial charge in [0, 0.05) is 49.6 Å². The van der Waals surface area contributed by atoms with E-state index in [1.807, 2.05) is 20.8 Å². The minimum atomic E-state index is -1.57. The molecule has 5 aliphatic heterocycles. The maximum atomic E-state index is 11.7. The number of carbonyl (C=O) groups excluding carboxylic acids is 1. The van der Waals surface area contributed by atoms with Crippen LogP contribution in [-0.2, 0) is 33.2 Å². The third kappa shape index (κ3) is 7.33. The van der Waals surface area contributed by atoms with Crippen LogP contribution in [0.25, 0.3) is 0 Å². The summed E-state index contributed by atoms with van der Waals surface area (Å²) in [5.74, 6) is -4.97. The van der Waals surface area contributed by atoms with E-state index in [4.69, 9.17) is 28.4 Å². The average Bonchev–Trinajstić information content (AvgIpc) is 3.73. The Kier molecular flexibility index (Phi) is 13.0. The largest absolute Gasteiger partial charge is 1.00 e. The van der Waals surface area contributed by atoms with Gasteiger partial charge >= 0.3 is 29.6 Å². The van der Waals surface area contributed by atoms with Crippen LogP contribution in [0, 0.1) is 35.5 Å². The minimum absolute atomic E-state index is 0. The van der Waals surface area contributed by atoms with Gasteiger partial charge in [-0.1, -0.05) is 48.5 Å². The molecule has 0 amide bonds. The SMILES string of the molecule is CC[C@@]1([C@@H]2O[C@@H]([C@H]3O[C@@](O)(CO)[C@H](C)C[C@@H]3C)C[C@@H]2C)CC[C@H]([C@]2(C)CC[C@]3(C[C@H](O)[C@@H](C)[C@@H]([C@@H](C)[C@@H](OC)C(C)C(=O)[O-])O3)O2)O1.[Na+]. The summed E-state index contributed by atoms with van der Waals surface area (Å²) < 4.78 is 39.3. The van der Waals surface area contributed by atoms with Crippen LogP contribution in [0.4, 0.5) is 0 Å². The van der Waals surface area contributed by atoms with Crippen molar-refractivity contribution in [2.24, 2.45) is 35.5 Å². The van der Waals surface area contributed by atoms with Crippen LogP contribution < -0.4 is 34.7 Å². The molecule has 11 nitrogen and oxygen atoms in total. The monoisotopic (exact) mass is 692 g/mol. The van der Waals surface area contributed by atoms with E-state index < -0.39 is 59.6 Å². The van der Waals surface area contributed by atoms with Crippen molar-refractivity contribution in [2.45, 2.75) is 172 Å². The number of methoxy groups -OCH3 is 1. The summed E-state index contributed by atoms with van der Waals surface area (Å²) in [5.41, 5.74) is -1.16. The molecular formula is C36H61NaO11. The zero-order chi connectivity index (χ0) is 34.7. The number of aliphatic carboxylic acids is 1. The number of hydrogen-bond donors (Lipinski definition) is 3. The van der Waals surface area contributed by atoms with Crippen molar-refractivity contribution >= 4 is 5.97 Å². The van der Waals surface area contributed by atoms with E-state index >= 15 is 0 Å². The maximum Gasteiger partial charge on any atom is 1.00 e. The van der Waals surface area contributed by atoms with E-state index in [1.165, 1.54) is 7.11 Å².